The van der Waals surface area contributed by atoms with Gasteiger partial charge in [0.05, 0.1) is 12.8 Å². The lowest BCUT2D eigenvalue weighted by atomic mass is 9.85. The number of carbonyl (C=O) groups is 1. The molecule has 1 N–H and O–H groups in total. The molecule has 0 saturated carbocycles. The van der Waals surface area contributed by atoms with Crippen molar-refractivity contribution in [2.24, 2.45) is 7.05 Å². The molecule has 6 nitrogen and oxygen atoms in total. The highest BCUT2D eigenvalue weighted by molar-refractivity contribution is 6.30. The van der Waals surface area contributed by atoms with Crippen molar-refractivity contribution >= 4 is 23.3 Å². The van der Waals surface area contributed by atoms with Gasteiger partial charge in [0.2, 0.25) is 5.91 Å². The number of rotatable bonds is 1. The number of fused-ring (bicyclic) bond motifs is 2. The molecule has 2 aromatic rings. The summed E-state index contributed by atoms with van der Waals surface area (Å²) in [6, 6.07) is 3.71. The summed E-state index contributed by atoms with van der Waals surface area (Å²) in [5, 5.41) is 7.72. The second kappa shape index (κ2) is 5.00. The largest absolute Gasteiger partial charge is 0.467 e. The molecule has 1 aromatic heterocycles. The number of ether oxygens (including phenoxy) is 2. The minimum Gasteiger partial charge on any atom is -0.467 e. The summed E-state index contributed by atoms with van der Waals surface area (Å²) >= 11 is 6.24. The number of anilines is 1. The first-order valence-electron chi connectivity index (χ1n) is 6.98. The van der Waals surface area contributed by atoms with E-state index in [0.717, 1.165) is 28.3 Å². The van der Waals surface area contributed by atoms with Gasteiger partial charge in [-0.05, 0) is 12.1 Å². The number of aromatic nitrogens is 2. The van der Waals surface area contributed by atoms with Crippen molar-refractivity contribution in [2.75, 3.05) is 12.1 Å². The quantitative estimate of drug-likeness (QED) is 0.876. The summed E-state index contributed by atoms with van der Waals surface area (Å²) in [5.74, 6) is 1.33. The molecular weight excluding hydrogens is 306 g/mol. The zero-order chi connectivity index (χ0) is 15.3. The summed E-state index contributed by atoms with van der Waals surface area (Å²) in [6.07, 6.45) is 2.13. The number of carbonyl (C=O) groups excluding carboxylic acids is 1. The predicted octanol–water partition coefficient (Wildman–Crippen LogP) is 2.41. The van der Waals surface area contributed by atoms with Gasteiger partial charge in [0.15, 0.2) is 6.79 Å². The second-order valence-electron chi connectivity index (χ2n) is 5.47. The number of hydrogen-bond donors (Lipinski definition) is 1. The summed E-state index contributed by atoms with van der Waals surface area (Å²) in [4.78, 5) is 12.1. The van der Waals surface area contributed by atoms with E-state index in [1.165, 1.54) is 0 Å². The number of amides is 1. The highest BCUT2D eigenvalue weighted by Crippen LogP contribution is 2.43. The van der Waals surface area contributed by atoms with E-state index in [0.29, 0.717) is 18.1 Å². The third-order valence-electron chi connectivity index (χ3n) is 4.07. The zero-order valence-electron chi connectivity index (χ0n) is 11.9. The average molecular weight is 320 g/mol. The Morgan fingerprint density at radius 3 is 3.14 bits per heavy atom. The topological polar surface area (TPSA) is 65.4 Å². The van der Waals surface area contributed by atoms with Gasteiger partial charge in [0.1, 0.15) is 11.6 Å². The van der Waals surface area contributed by atoms with Crippen LogP contribution < -0.4 is 10.1 Å². The van der Waals surface area contributed by atoms with Crippen LogP contribution in [0.2, 0.25) is 5.02 Å². The summed E-state index contributed by atoms with van der Waals surface area (Å²) in [6.45, 7) is 0.669. The van der Waals surface area contributed by atoms with Gasteiger partial charge in [-0.15, -0.1) is 0 Å². The van der Waals surface area contributed by atoms with Crippen molar-refractivity contribution in [3.63, 3.8) is 0 Å². The molecule has 0 saturated heterocycles. The Kier molecular flexibility index (Phi) is 3.09. The fourth-order valence-corrected chi connectivity index (χ4v) is 3.34. The Balaban J connectivity index is 1.89. The predicted molar refractivity (Wildman–Crippen MR) is 80.0 cm³/mol. The Morgan fingerprint density at radius 2 is 2.27 bits per heavy atom. The van der Waals surface area contributed by atoms with Crippen molar-refractivity contribution in [2.45, 2.75) is 18.9 Å². The van der Waals surface area contributed by atoms with E-state index >= 15 is 0 Å². The Bertz CT molecular complexity index is 772. The van der Waals surface area contributed by atoms with Gasteiger partial charge in [-0.1, -0.05) is 11.6 Å². The van der Waals surface area contributed by atoms with Gasteiger partial charge in [-0.25, -0.2) is 0 Å². The molecule has 1 amide bonds. The van der Waals surface area contributed by atoms with E-state index in [4.69, 9.17) is 21.1 Å². The minimum atomic E-state index is -0.122. The number of hydrogen-bond acceptors (Lipinski definition) is 4. The van der Waals surface area contributed by atoms with E-state index in [9.17, 15) is 4.79 Å². The summed E-state index contributed by atoms with van der Waals surface area (Å²) in [5.41, 5.74) is 2.79. The van der Waals surface area contributed by atoms with Crippen molar-refractivity contribution in [1.29, 1.82) is 0 Å². The van der Waals surface area contributed by atoms with Crippen LogP contribution in [0, 0.1) is 0 Å². The normalized spacial score (nSPS) is 19.9. The van der Waals surface area contributed by atoms with Crippen LogP contribution in [0.15, 0.2) is 18.3 Å². The molecule has 1 atom stereocenters. The average Bonchev–Trinajstić information content (AvgIpc) is 2.87. The van der Waals surface area contributed by atoms with Gasteiger partial charge in [0, 0.05) is 41.1 Å². The fourth-order valence-electron chi connectivity index (χ4n) is 3.09. The van der Waals surface area contributed by atoms with Crippen LogP contribution in [0.3, 0.4) is 0 Å². The molecule has 7 heteroatoms. The fraction of sp³-hybridized carbons (Fsp3) is 0.333. The molecule has 0 bridgehead atoms. The van der Waals surface area contributed by atoms with Crippen LogP contribution in [-0.4, -0.2) is 22.5 Å². The van der Waals surface area contributed by atoms with E-state index < -0.39 is 0 Å². The third-order valence-corrected chi connectivity index (χ3v) is 4.29. The van der Waals surface area contributed by atoms with E-state index in [-0.39, 0.29) is 18.6 Å². The molecule has 1 unspecified atom stereocenters. The number of benzene rings is 1. The third kappa shape index (κ3) is 2.07. The van der Waals surface area contributed by atoms with E-state index in [2.05, 4.69) is 10.4 Å². The Labute approximate surface area is 132 Å². The molecule has 0 aliphatic carbocycles. The SMILES string of the molecule is Cn1ncc2c1NC(=O)CC2c1cc(Cl)cc2c1OCOC2. The number of halogens is 1. The molecule has 4 rings (SSSR count). The smallest absolute Gasteiger partial charge is 0.226 e. The van der Waals surface area contributed by atoms with Crippen LogP contribution in [-0.2, 0) is 23.2 Å². The maximum absolute atomic E-state index is 12.1. The molecule has 2 aliphatic heterocycles. The lowest BCUT2D eigenvalue weighted by Crippen LogP contribution is -2.25. The van der Waals surface area contributed by atoms with Crippen molar-refractivity contribution in [3.8, 4) is 5.75 Å². The first-order chi connectivity index (χ1) is 10.6. The van der Waals surface area contributed by atoms with Gasteiger partial charge >= 0.3 is 0 Å². The van der Waals surface area contributed by atoms with Crippen molar-refractivity contribution < 1.29 is 14.3 Å². The molecule has 0 fully saturated rings. The van der Waals surface area contributed by atoms with E-state index in [1.807, 2.05) is 12.1 Å². The van der Waals surface area contributed by atoms with Crippen molar-refractivity contribution in [3.05, 3.63) is 40.0 Å². The molecule has 2 aliphatic rings. The number of nitrogens with one attached hydrogen (secondary N) is 1. The standard InChI is InChI=1S/C15H14ClN3O3/c1-19-15-12(5-17-19)10(4-13(20)18-15)11-3-9(16)2-8-6-21-7-22-14(8)11/h2-3,5,10H,4,6-7H2,1H3,(H,18,20). The first-order valence-corrected chi connectivity index (χ1v) is 7.36. The highest BCUT2D eigenvalue weighted by atomic mass is 35.5. The molecule has 114 valence electrons. The molecule has 3 heterocycles. The van der Waals surface area contributed by atoms with Crippen molar-refractivity contribution in [1.82, 2.24) is 9.78 Å². The Hall–Kier alpha value is -2.05. The number of nitrogens with zero attached hydrogens (tertiary/aromatic N) is 2. The molecule has 22 heavy (non-hydrogen) atoms. The molecule has 0 radical (unpaired) electrons. The van der Waals surface area contributed by atoms with Crippen LogP contribution in [0.25, 0.3) is 0 Å². The van der Waals surface area contributed by atoms with Crippen LogP contribution in [0.1, 0.15) is 29.0 Å². The Morgan fingerprint density at radius 1 is 1.41 bits per heavy atom. The van der Waals surface area contributed by atoms with Gasteiger partial charge < -0.3 is 14.8 Å². The van der Waals surface area contributed by atoms with Gasteiger partial charge in [-0.3, -0.25) is 9.48 Å². The molecular formula is C15H14ClN3O3. The minimum absolute atomic E-state index is 0.0399. The van der Waals surface area contributed by atoms with Crippen LogP contribution in [0.5, 0.6) is 5.75 Å². The van der Waals surface area contributed by atoms with Gasteiger partial charge in [0.25, 0.3) is 0 Å². The number of aryl methyl sites for hydroxylation is 1. The lowest BCUT2D eigenvalue weighted by molar-refractivity contribution is -0.116. The maximum Gasteiger partial charge on any atom is 0.226 e. The van der Waals surface area contributed by atoms with Gasteiger partial charge in [-0.2, -0.15) is 5.10 Å². The summed E-state index contributed by atoms with van der Waals surface area (Å²) in [7, 11) is 1.80. The monoisotopic (exact) mass is 319 g/mol. The molecule has 1 aromatic carbocycles. The highest BCUT2D eigenvalue weighted by Gasteiger charge is 2.32. The maximum atomic E-state index is 12.1. The van der Waals surface area contributed by atoms with E-state index in [1.54, 1.807) is 17.9 Å². The lowest BCUT2D eigenvalue weighted by Gasteiger charge is -2.28. The second-order valence-corrected chi connectivity index (χ2v) is 5.91. The summed E-state index contributed by atoms with van der Waals surface area (Å²) < 4.78 is 12.7. The molecule has 0 spiro atoms. The zero-order valence-corrected chi connectivity index (χ0v) is 12.7. The van der Waals surface area contributed by atoms with Crippen LogP contribution >= 0.6 is 11.6 Å². The van der Waals surface area contributed by atoms with Crippen LogP contribution in [0.4, 0.5) is 5.82 Å². The first kappa shape index (κ1) is 13.6.